The smallest absolute Gasteiger partial charge is 0.0586 e. The maximum absolute atomic E-state index is 3.73. The Kier molecular flexibility index (Phi) is 2.30. The molecule has 80 valence electrons. The molecule has 2 aliphatic rings. The molecule has 1 fully saturated rings. The van der Waals surface area contributed by atoms with Crippen LogP contribution in [0.2, 0.25) is 0 Å². The van der Waals surface area contributed by atoms with E-state index in [0.717, 1.165) is 6.54 Å². The van der Waals surface area contributed by atoms with E-state index in [0.29, 0.717) is 5.54 Å². The molecule has 0 saturated heterocycles. The molecule has 0 radical (unpaired) electrons. The van der Waals surface area contributed by atoms with E-state index in [4.69, 9.17) is 0 Å². The summed E-state index contributed by atoms with van der Waals surface area (Å²) in [5.74, 6) is 0. The van der Waals surface area contributed by atoms with Crippen LogP contribution >= 0.6 is 22.6 Å². The fraction of sp³-hybridized carbons (Fsp3) is 0.500. The van der Waals surface area contributed by atoms with Gasteiger partial charge < -0.3 is 10.6 Å². The van der Waals surface area contributed by atoms with Crippen LogP contribution in [0.5, 0.6) is 0 Å². The summed E-state index contributed by atoms with van der Waals surface area (Å²) in [5.41, 5.74) is 2.96. The van der Waals surface area contributed by atoms with E-state index in [1.807, 2.05) is 0 Å². The number of nitrogens with one attached hydrogen (secondary N) is 2. The highest BCUT2D eigenvalue weighted by Gasteiger charge is 2.37. The number of rotatable bonds is 0. The molecular formula is C12H15IN2. The highest BCUT2D eigenvalue weighted by Crippen LogP contribution is 2.41. The summed E-state index contributed by atoms with van der Waals surface area (Å²) < 4.78 is 1.30. The largest absolute Gasteiger partial charge is 0.383 e. The van der Waals surface area contributed by atoms with Gasteiger partial charge >= 0.3 is 0 Å². The Hall–Kier alpha value is -0.450. The van der Waals surface area contributed by atoms with Crippen molar-refractivity contribution in [2.75, 3.05) is 17.2 Å². The van der Waals surface area contributed by atoms with Gasteiger partial charge in [0.15, 0.2) is 0 Å². The van der Waals surface area contributed by atoms with Gasteiger partial charge in [0.1, 0.15) is 0 Å². The molecule has 2 N–H and O–H groups in total. The summed E-state index contributed by atoms with van der Waals surface area (Å²) >= 11 is 2.36. The molecule has 1 aromatic carbocycles. The fourth-order valence-electron chi connectivity index (χ4n) is 2.53. The summed E-state index contributed by atoms with van der Waals surface area (Å²) in [6, 6.07) is 6.60. The van der Waals surface area contributed by atoms with Crippen molar-refractivity contribution in [1.29, 1.82) is 0 Å². The standard InChI is InChI=1S/C12H15IN2/c13-9-2-3-10-11(8-9)14-7-6-12(15-10)4-1-5-12/h2-3,8,14-15H,1,4-7H2. The predicted octanol–water partition coefficient (Wildman–Crippen LogP) is 3.44. The van der Waals surface area contributed by atoms with Crippen molar-refractivity contribution in [3.63, 3.8) is 0 Å². The highest BCUT2D eigenvalue weighted by molar-refractivity contribution is 14.1. The molecule has 1 spiro atoms. The predicted molar refractivity (Wildman–Crippen MR) is 72.5 cm³/mol. The second-order valence-corrected chi connectivity index (χ2v) is 5.87. The van der Waals surface area contributed by atoms with Crippen molar-refractivity contribution in [3.8, 4) is 0 Å². The first-order valence-electron chi connectivity index (χ1n) is 5.59. The Labute approximate surface area is 104 Å². The first kappa shape index (κ1) is 9.75. The number of benzene rings is 1. The lowest BCUT2D eigenvalue weighted by molar-refractivity contribution is 0.268. The van der Waals surface area contributed by atoms with E-state index in [1.165, 1.54) is 40.6 Å². The molecule has 0 unspecified atom stereocenters. The molecule has 1 saturated carbocycles. The first-order chi connectivity index (χ1) is 7.27. The maximum atomic E-state index is 3.73. The lowest BCUT2D eigenvalue weighted by Crippen LogP contribution is -2.45. The number of halogens is 1. The zero-order chi connectivity index (χ0) is 10.3. The van der Waals surface area contributed by atoms with Crippen LogP contribution in [0.4, 0.5) is 11.4 Å². The molecular weight excluding hydrogens is 299 g/mol. The molecule has 2 nitrogen and oxygen atoms in total. The molecule has 0 atom stereocenters. The second-order valence-electron chi connectivity index (χ2n) is 4.63. The molecule has 1 heterocycles. The molecule has 0 amide bonds. The second kappa shape index (κ2) is 3.54. The van der Waals surface area contributed by atoms with Crippen molar-refractivity contribution >= 4 is 34.0 Å². The molecule has 1 aliphatic carbocycles. The molecule has 0 aromatic heterocycles. The lowest BCUT2D eigenvalue weighted by atomic mass is 9.74. The van der Waals surface area contributed by atoms with Crippen LogP contribution < -0.4 is 10.6 Å². The molecule has 15 heavy (non-hydrogen) atoms. The Bertz CT molecular complexity index is 385. The van der Waals surface area contributed by atoms with Crippen LogP contribution in [0.25, 0.3) is 0 Å². The van der Waals surface area contributed by atoms with Crippen molar-refractivity contribution in [1.82, 2.24) is 0 Å². The van der Waals surface area contributed by atoms with Crippen molar-refractivity contribution in [3.05, 3.63) is 21.8 Å². The van der Waals surface area contributed by atoms with E-state index in [1.54, 1.807) is 0 Å². The van der Waals surface area contributed by atoms with Crippen LogP contribution in [-0.4, -0.2) is 12.1 Å². The minimum Gasteiger partial charge on any atom is -0.383 e. The van der Waals surface area contributed by atoms with Crippen LogP contribution in [0.15, 0.2) is 18.2 Å². The van der Waals surface area contributed by atoms with Gasteiger partial charge in [0.2, 0.25) is 0 Å². The minimum atomic E-state index is 0.408. The van der Waals surface area contributed by atoms with Crippen LogP contribution in [0.1, 0.15) is 25.7 Å². The van der Waals surface area contributed by atoms with Gasteiger partial charge in [0, 0.05) is 15.7 Å². The fourth-order valence-corrected chi connectivity index (χ4v) is 3.03. The number of hydrogen-bond donors (Lipinski definition) is 2. The van der Waals surface area contributed by atoms with E-state index in [2.05, 4.69) is 51.4 Å². The lowest BCUT2D eigenvalue weighted by Gasteiger charge is -2.42. The van der Waals surface area contributed by atoms with Crippen LogP contribution in [0, 0.1) is 3.57 Å². The molecule has 0 bridgehead atoms. The highest BCUT2D eigenvalue weighted by atomic mass is 127. The Balaban J connectivity index is 1.95. The number of hydrogen-bond acceptors (Lipinski definition) is 2. The number of anilines is 2. The summed E-state index contributed by atoms with van der Waals surface area (Å²) in [6.07, 6.45) is 5.30. The Morgan fingerprint density at radius 1 is 1.13 bits per heavy atom. The van der Waals surface area contributed by atoms with Crippen LogP contribution in [0.3, 0.4) is 0 Å². The van der Waals surface area contributed by atoms with Gasteiger partial charge in [-0.3, -0.25) is 0 Å². The molecule has 1 aliphatic heterocycles. The maximum Gasteiger partial charge on any atom is 0.0586 e. The zero-order valence-corrected chi connectivity index (χ0v) is 10.8. The minimum absolute atomic E-state index is 0.408. The van der Waals surface area contributed by atoms with Crippen molar-refractivity contribution in [2.24, 2.45) is 0 Å². The average Bonchev–Trinajstić information content (AvgIpc) is 2.35. The van der Waals surface area contributed by atoms with Gasteiger partial charge in [-0.15, -0.1) is 0 Å². The monoisotopic (exact) mass is 314 g/mol. The van der Waals surface area contributed by atoms with Gasteiger partial charge in [0.25, 0.3) is 0 Å². The quantitative estimate of drug-likeness (QED) is 0.717. The van der Waals surface area contributed by atoms with Gasteiger partial charge in [-0.05, 0) is 66.5 Å². The zero-order valence-electron chi connectivity index (χ0n) is 8.65. The first-order valence-corrected chi connectivity index (χ1v) is 6.67. The summed E-state index contributed by atoms with van der Waals surface area (Å²) in [4.78, 5) is 0. The summed E-state index contributed by atoms with van der Waals surface area (Å²) in [6.45, 7) is 1.10. The molecule has 3 heteroatoms. The summed E-state index contributed by atoms with van der Waals surface area (Å²) in [7, 11) is 0. The van der Waals surface area contributed by atoms with Gasteiger partial charge in [0.05, 0.1) is 11.4 Å². The van der Waals surface area contributed by atoms with E-state index >= 15 is 0 Å². The third kappa shape index (κ3) is 1.71. The topological polar surface area (TPSA) is 24.1 Å². The normalized spacial score (nSPS) is 21.9. The third-order valence-corrected chi connectivity index (χ3v) is 4.28. The molecule has 3 rings (SSSR count). The molecule has 1 aromatic rings. The van der Waals surface area contributed by atoms with Gasteiger partial charge in [-0.2, -0.15) is 0 Å². The number of fused-ring (bicyclic) bond motifs is 1. The Morgan fingerprint density at radius 3 is 2.73 bits per heavy atom. The van der Waals surface area contributed by atoms with Gasteiger partial charge in [-0.1, -0.05) is 0 Å². The van der Waals surface area contributed by atoms with Crippen molar-refractivity contribution < 1.29 is 0 Å². The SMILES string of the molecule is Ic1ccc2c(c1)NCCC1(CCC1)N2. The van der Waals surface area contributed by atoms with E-state index in [-0.39, 0.29) is 0 Å². The third-order valence-electron chi connectivity index (χ3n) is 3.61. The van der Waals surface area contributed by atoms with E-state index in [9.17, 15) is 0 Å². The van der Waals surface area contributed by atoms with Crippen molar-refractivity contribution in [2.45, 2.75) is 31.2 Å². The summed E-state index contributed by atoms with van der Waals surface area (Å²) in [5, 5.41) is 7.26. The average molecular weight is 314 g/mol. The van der Waals surface area contributed by atoms with Gasteiger partial charge in [-0.25, -0.2) is 0 Å². The Morgan fingerprint density at radius 2 is 2.00 bits per heavy atom. The van der Waals surface area contributed by atoms with Crippen LogP contribution in [-0.2, 0) is 0 Å². The van der Waals surface area contributed by atoms with E-state index < -0.39 is 0 Å².